The average Bonchev–Trinajstić information content (AvgIpc) is 3.06. The van der Waals surface area contributed by atoms with Crippen LogP contribution in [0.3, 0.4) is 0 Å². The van der Waals surface area contributed by atoms with E-state index in [1.54, 1.807) is 18.2 Å². The third kappa shape index (κ3) is 3.02. The lowest BCUT2D eigenvalue weighted by Crippen LogP contribution is -2.07. The van der Waals surface area contributed by atoms with Gasteiger partial charge in [-0.15, -0.1) is 0 Å². The third-order valence-corrected chi connectivity index (χ3v) is 4.69. The largest absolute Gasteiger partial charge is 0.430 e. The van der Waals surface area contributed by atoms with Crippen LogP contribution in [0.1, 0.15) is 25.7 Å². The molecule has 0 amide bonds. The molecule has 6 heteroatoms. The van der Waals surface area contributed by atoms with Crippen molar-refractivity contribution in [3.05, 3.63) is 18.2 Å². The minimum absolute atomic E-state index is 0.290. The van der Waals surface area contributed by atoms with Gasteiger partial charge in [-0.1, -0.05) is 0 Å². The summed E-state index contributed by atoms with van der Waals surface area (Å²) in [5.41, 5.74) is 7.60. The summed E-state index contributed by atoms with van der Waals surface area (Å²) in [6.07, 6.45) is 4.42. The summed E-state index contributed by atoms with van der Waals surface area (Å²) in [5, 5.41) is 0.290. The molecule has 1 aromatic heterocycles. The maximum Gasteiger partial charge on any atom is 0.287 e. The number of ether oxygens (including phenoxy) is 1. The van der Waals surface area contributed by atoms with E-state index in [2.05, 4.69) is 4.98 Å². The molecule has 0 bridgehead atoms. The summed E-state index contributed by atoms with van der Waals surface area (Å²) in [6, 6.07) is 5.23. The molecular weight excluding hydrogens is 276 g/mol. The fourth-order valence-corrected chi connectivity index (χ4v) is 3.41. The Labute approximate surface area is 120 Å². The molecule has 0 aliphatic carbocycles. The van der Waals surface area contributed by atoms with E-state index >= 15 is 0 Å². The fourth-order valence-electron chi connectivity index (χ4n) is 2.42. The predicted molar refractivity (Wildman–Crippen MR) is 77.9 cm³/mol. The van der Waals surface area contributed by atoms with Crippen LogP contribution < -0.4 is 5.73 Å². The Morgan fingerprint density at radius 3 is 3.15 bits per heavy atom. The van der Waals surface area contributed by atoms with Crippen LogP contribution in [0, 0.1) is 0 Å². The molecular formula is C14H18N2O3S. The van der Waals surface area contributed by atoms with E-state index in [1.165, 1.54) is 0 Å². The molecule has 5 nitrogen and oxygen atoms in total. The van der Waals surface area contributed by atoms with E-state index in [9.17, 15) is 4.21 Å². The van der Waals surface area contributed by atoms with Crippen molar-refractivity contribution in [1.82, 2.24) is 4.98 Å². The van der Waals surface area contributed by atoms with Gasteiger partial charge in [0.25, 0.3) is 5.22 Å². The van der Waals surface area contributed by atoms with E-state index in [4.69, 9.17) is 14.9 Å². The highest BCUT2D eigenvalue weighted by Crippen LogP contribution is 2.21. The number of benzene rings is 1. The van der Waals surface area contributed by atoms with Gasteiger partial charge in [0.05, 0.1) is 6.10 Å². The van der Waals surface area contributed by atoms with Crippen LogP contribution in [0.2, 0.25) is 0 Å². The van der Waals surface area contributed by atoms with Crippen LogP contribution in [0.5, 0.6) is 0 Å². The number of hydrogen-bond donors (Lipinski definition) is 1. The number of oxazole rings is 1. The number of rotatable bonds is 5. The van der Waals surface area contributed by atoms with Gasteiger partial charge in [0.2, 0.25) is 0 Å². The molecule has 2 unspecified atom stereocenters. The maximum absolute atomic E-state index is 12.2. The van der Waals surface area contributed by atoms with Crippen molar-refractivity contribution in [2.75, 3.05) is 18.1 Å². The van der Waals surface area contributed by atoms with Crippen LogP contribution in [0.4, 0.5) is 5.69 Å². The van der Waals surface area contributed by atoms with E-state index in [-0.39, 0.29) is 5.22 Å². The Morgan fingerprint density at radius 1 is 1.45 bits per heavy atom. The van der Waals surface area contributed by atoms with Crippen LogP contribution >= 0.6 is 0 Å². The molecule has 1 saturated heterocycles. The molecule has 2 heterocycles. The monoisotopic (exact) mass is 294 g/mol. The highest BCUT2D eigenvalue weighted by molar-refractivity contribution is 7.84. The Bertz CT molecular complexity index is 620. The standard InChI is InChI=1S/C14H18N2O3S/c15-10-5-6-13-12(9-10)16-14(19-13)20(17)8-2-4-11-3-1-7-18-11/h5-6,9,11H,1-4,7-8,15H2. The first-order valence-corrected chi connectivity index (χ1v) is 8.20. The lowest BCUT2D eigenvalue weighted by atomic mass is 10.1. The second-order valence-electron chi connectivity index (χ2n) is 5.03. The Morgan fingerprint density at radius 2 is 2.35 bits per heavy atom. The Kier molecular flexibility index (Phi) is 4.03. The van der Waals surface area contributed by atoms with Crippen LogP contribution in [-0.4, -0.2) is 27.7 Å². The molecule has 0 spiro atoms. The van der Waals surface area contributed by atoms with Crippen molar-refractivity contribution < 1.29 is 13.4 Å². The van der Waals surface area contributed by atoms with Gasteiger partial charge in [-0.05, 0) is 43.9 Å². The van der Waals surface area contributed by atoms with E-state index in [0.717, 1.165) is 32.3 Å². The Hall–Kier alpha value is -1.40. The molecule has 2 aromatic rings. The summed E-state index contributed by atoms with van der Waals surface area (Å²) >= 11 is 0. The predicted octanol–water partition coefficient (Wildman–Crippen LogP) is 2.48. The average molecular weight is 294 g/mol. The van der Waals surface area contributed by atoms with Crippen LogP contribution in [-0.2, 0) is 15.5 Å². The molecule has 20 heavy (non-hydrogen) atoms. The summed E-state index contributed by atoms with van der Waals surface area (Å²) in [4.78, 5) is 4.25. The third-order valence-electron chi connectivity index (χ3n) is 3.47. The zero-order valence-corrected chi connectivity index (χ0v) is 12.0. The van der Waals surface area contributed by atoms with Crippen molar-refractivity contribution in [1.29, 1.82) is 0 Å². The highest BCUT2D eigenvalue weighted by atomic mass is 32.2. The molecule has 0 saturated carbocycles. The first-order valence-electron chi connectivity index (χ1n) is 6.88. The van der Waals surface area contributed by atoms with Gasteiger partial charge >= 0.3 is 0 Å². The normalized spacial score (nSPS) is 20.5. The first-order chi connectivity index (χ1) is 9.72. The van der Waals surface area contributed by atoms with Gasteiger partial charge in [-0.2, -0.15) is 0 Å². The van der Waals surface area contributed by atoms with Crippen molar-refractivity contribution in [2.45, 2.75) is 37.0 Å². The zero-order valence-electron chi connectivity index (χ0n) is 11.2. The van der Waals surface area contributed by atoms with Gasteiger partial charge < -0.3 is 14.9 Å². The van der Waals surface area contributed by atoms with Gasteiger partial charge in [-0.25, -0.2) is 9.19 Å². The van der Waals surface area contributed by atoms with E-state index in [1.807, 2.05) is 0 Å². The molecule has 1 fully saturated rings. The van der Waals surface area contributed by atoms with Gasteiger partial charge in [0, 0.05) is 18.0 Å². The van der Waals surface area contributed by atoms with Crippen molar-refractivity contribution in [2.24, 2.45) is 0 Å². The van der Waals surface area contributed by atoms with Crippen molar-refractivity contribution in [3.63, 3.8) is 0 Å². The quantitative estimate of drug-likeness (QED) is 0.857. The van der Waals surface area contributed by atoms with Crippen LogP contribution in [0.15, 0.2) is 27.8 Å². The topological polar surface area (TPSA) is 78.3 Å². The lowest BCUT2D eigenvalue weighted by Gasteiger charge is -2.07. The minimum Gasteiger partial charge on any atom is -0.430 e. The van der Waals surface area contributed by atoms with Crippen molar-refractivity contribution >= 4 is 27.6 Å². The number of nitrogens with two attached hydrogens (primary N) is 1. The van der Waals surface area contributed by atoms with Crippen LogP contribution in [0.25, 0.3) is 11.1 Å². The summed E-state index contributed by atoms with van der Waals surface area (Å²) in [5.74, 6) is 0.558. The van der Waals surface area contributed by atoms with Crippen molar-refractivity contribution in [3.8, 4) is 0 Å². The smallest absolute Gasteiger partial charge is 0.287 e. The number of nitrogen functional groups attached to an aromatic ring is 1. The fraction of sp³-hybridized carbons (Fsp3) is 0.500. The summed E-state index contributed by atoms with van der Waals surface area (Å²) in [7, 11) is -1.20. The number of nitrogens with zero attached hydrogens (tertiary/aromatic N) is 1. The van der Waals surface area contributed by atoms with E-state index < -0.39 is 10.8 Å². The lowest BCUT2D eigenvalue weighted by molar-refractivity contribution is 0.104. The molecule has 1 aliphatic heterocycles. The number of anilines is 1. The molecule has 1 aromatic carbocycles. The number of hydrogen-bond acceptors (Lipinski definition) is 5. The first kappa shape index (κ1) is 13.6. The molecule has 2 N–H and O–H groups in total. The van der Waals surface area contributed by atoms with Gasteiger partial charge in [0.1, 0.15) is 16.3 Å². The zero-order chi connectivity index (χ0) is 13.9. The van der Waals surface area contributed by atoms with Gasteiger partial charge in [0.15, 0.2) is 5.58 Å². The van der Waals surface area contributed by atoms with Gasteiger partial charge in [-0.3, -0.25) is 0 Å². The number of aromatic nitrogens is 1. The molecule has 3 rings (SSSR count). The minimum atomic E-state index is -1.20. The summed E-state index contributed by atoms with van der Waals surface area (Å²) in [6.45, 7) is 0.861. The second-order valence-corrected chi connectivity index (χ2v) is 6.48. The summed E-state index contributed by atoms with van der Waals surface area (Å²) < 4.78 is 23.2. The maximum atomic E-state index is 12.2. The Balaban J connectivity index is 1.60. The second kappa shape index (κ2) is 5.93. The molecule has 108 valence electrons. The highest BCUT2D eigenvalue weighted by Gasteiger charge is 2.17. The molecule has 0 radical (unpaired) electrons. The molecule has 2 atom stereocenters. The SMILES string of the molecule is Nc1ccc2oc(S(=O)CCCC3CCCO3)nc2c1. The number of fused-ring (bicyclic) bond motifs is 1. The van der Waals surface area contributed by atoms with E-state index in [0.29, 0.717) is 28.6 Å². The molecule has 1 aliphatic rings.